The Morgan fingerprint density at radius 2 is 2.27 bits per heavy atom. The summed E-state index contributed by atoms with van der Waals surface area (Å²) in [5, 5.41) is 14.4. The van der Waals surface area contributed by atoms with Crippen LogP contribution in [0.2, 0.25) is 0 Å². The number of fused-ring (bicyclic) bond motifs is 1. The average Bonchev–Trinajstić information content (AvgIpc) is 2.56. The summed E-state index contributed by atoms with van der Waals surface area (Å²) in [6, 6.07) is 5.82. The summed E-state index contributed by atoms with van der Waals surface area (Å²) in [4.78, 5) is 0. The molecule has 0 saturated heterocycles. The highest BCUT2D eigenvalue weighted by molar-refractivity contribution is 5.87. The molecule has 0 amide bonds. The van der Waals surface area contributed by atoms with E-state index >= 15 is 0 Å². The van der Waals surface area contributed by atoms with Crippen LogP contribution in [0.1, 0.15) is 5.69 Å². The molecule has 1 aromatic carbocycles. The van der Waals surface area contributed by atoms with E-state index in [4.69, 9.17) is 9.84 Å². The molecule has 80 valence electrons. The summed E-state index contributed by atoms with van der Waals surface area (Å²) >= 11 is 0. The van der Waals surface area contributed by atoms with Crippen molar-refractivity contribution in [2.75, 3.05) is 13.7 Å². The van der Waals surface area contributed by atoms with Gasteiger partial charge >= 0.3 is 0 Å². The lowest BCUT2D eigenvalue weighted by atomic mass is 10.1. The molecule has 4 heteroatoms. The van der Waals surface area contributed by atoms with Gasteiger partial charge < -0.3 is 9.84 Å². The van der Waals surface area contributed by atoms with Crippen LogP contribution in [0.15, 0.2) is 18.2 Å². The maximum atomic E-state index is 8.98. The lowest BCUT2D eigenvalue weighted by Gasteiger charge is -2.00. The summed E-state index contributed by atoms with van der Waals surface area (Å²) in [6.07, 6.45) is 0.611. The van der Waals surface area contributed by atoms with Gasteiger partial charge in [-0.15, -0.1) is 0 Å². The monoisotopic (exact) mass is 206 g/mol. The number of aromatic nitrogens is 2. The highest BCUT2D eigenvalue weighted by Crippen LogP contribution is 2.26. The van der Waals surface area contributed by atoms with Crippen molar-refractivity contribution < 1.29 is 9.84 Å². The molecule has 0 fully saturated rings. The summed E-state index contributed by atoms with van der Waals surface area (Å²) in [5.41, 5.74) is 1.89. The quantitative estimate of drug-likeness (QED) is 0.818. The number of ether oxygens (including phenoxy) is 1. The Bertz CT molecular complexity index is 477. The van der Waals surface area contributed by atoms with Gasteiger partial charge in [0.05, 0.1) is 7.11 Å². The van der Waals surface area contributed by atoms with Crippen LogP contribution in [-0.4, -0.2) is 28.6 Å². The first-order valence-electron chi connectivity index (χ1n) is 4.87. The van der Waals surface area contributed by atoms with Crippen molar-refractivity contribution in [1.82, 2.24) is 9.78 Å². The maximum absolute atomic E-state index is 8.98. The molecule has 0 saturated carbocycles. The lowest BCUT2D eigenvalue weighted by Crippen LogP contribution is -2.00. The van der Waals surface area contributed by atoms with Crippen molar-refractivity contribution in [2.45, 2.75) is 6.42 Å². The zero-order valence-electron chi connectivity index (χ0n) is 8.90. The fourth-order valence-corrected chi connectivity index (χ4v) is 1.81. The molecule has 0 spiro atoms. The van der Waals surface area contributed by atoms with Gasteiger partial charge in [-0.1, -0.05) is 12.1 Å². The Morgan fingerprint density at radius 1 is 1.47 bits per heavy atom. The van der Waals surface area contributed by atoms with Crippen molar-refractivity contribution in [2.24, 2.45) is 7.05 Å². The second-order valence-corrected chi connectivity index (χ2v) is 3.40. The molecule has 0 atom stereocenters. The Balaban J connectivity index is 2.67. The van der Waals surface area contributed by atoms with E-state index in [0.717, 1.165) is 22.3 Å². The Hall–Kier alpha value is -1.55. The van der Waals surface area contributed by atoms with Crippen molar-refractivity contribution in [3.05, 3.63) is 23.9 Å². The first kappa shape index (κ1) is 9.98. The molecule has 0 aliphatic rings. The van der Waals surface area contributed by atoms with Crippen LogP contribution < -0.4 is 4.74 Å². The molecule has 1 heterocycles. The van der Waals surface area contributed by atoms with Crippen LogP contribution in [0, 0.1) is 0 Å². The number of nitrogens with zero attached hydrogens (tertiary/aromatic N) is 2. The van der Waals surface area contributed by atoms with Crippen molar-refractivity contribution >= 4 is 10.9 Å². The zero-order chi connectivity index (χ0) is 10.8. The van der Waals surface area contributed by atoms with Crippen LogP contribution in [0.5, 0.6) is 5.75 Å². The van der Waals surface area contributed by atoms with E-state index in [1.165, 1.54) is 0 Å². The Morgan fingerprint density at radius 3 is 2.93 bits per heavy atom. The Kier molecular flexibility index (Phi) is 2.60. The minimum absolute atomic E-state index is 0.131. The number of benzene rings is 1. The molecule has 2 aromatic rings. The Labute approximate surface area is 88.1 Å². The smallest absolute Gasteiger partial charge is 0.146 e. The molecular weight excluding hydrogens is 192 g/mol. The van der Waals surface area contributed by atoms with Crippen molar-refractivity contribution in [3.8, 4) is 5.75 Å². The van der Waals surface area contributed by atoms with Gasteiger partial charge in [0.2, 0.25) is 0 Å². The number of hydrogen-bond donors (Lipinski definition) is 1. The van der Waals surface area contributed by atoms with Crippen LogP contribution >= 0.6 is 0 Å². The van der Waals surface area contributed by atoms with E-state index < -0.39 is 0 Å². The fourth-order valence-electron chi connectivity index (χ4n) is 1.81. The molecule has 1 N–H and O–H groups in total. The maximum Gasteiger partial charge on any atom is 0.146 e. The van der Waals surface area contributed by atoms with E-state index in [-0.39, 0.29) is 6.61 Å². The van der Waals surface area contributed by atoms with Gasteiger partial charge in [0.1, 0.15) is 11.3 Å². The first-order chi connectivity index (χ1) is 7.27. The van der Waals surface area contributed by atoms with Gasteiger partial charge in [-0.05, 0) is 6.07 Å². The zero-order valence-corrected chi connectivity index (χ0v) is 8.90. The van der Waals surface area contributed by atoms with E-state index in [0.29, 0.717) is 6.42 Å². The molecule has 4 nitrogen and oxygen atoms in total. The van der Waals surface area contributed by atoms with Crippen molar-refractivity contribution in [3.63, 3.8) is 0 Å². The second kappa shape index (κ2) is 3.90. The SMILES string of the molecule is COc1cccc2c(CCO)n(C)nc12. The minimum atomic E-state index is 0.131. The molecule has 0 aliphatic heterocycles. The summed E-state index contributed by atoms with van der Waals surface area (Å²) < 4.78 is 7.03. The van der Waals surface area contributed by atoms with E-state index in [2.05, 4.69) is 5.10 Å². The standard InChI is InChI=1S/C11H14N2O2/c1-13-9(6-7-14)8-4-3-5-10(15-2)11(8)12-13/h3-5,14H,6-7H2,1-2H3. The van der Waals surface area contributed by atoms with Gasteiger partial charge in [-0.3, -0.25) is 4.68 Å². The number of methoxy groups -OCH3 is 1. The molecule has 1 aromatic heterocycles. The van der Waals surface area contributed by atoms with Crippen LogP contribution in [0.25, 0.3) is 10.9 Å². The predicted molar refractivity (Wildman–Crippen MR) is 58.1 cm³/mol. The largest absolute Gasteiger partial charge is 0.494 e. The highest BCUT2D eigenvalue weighted by atomic mass is 16.5. The number of aryl methyl sites for hydroxylation is 1. The van der Waals surface area contributed by atoms with Gasteiger partial charge in [0.15, 0.2) is 0 Å². The van der Waals surface area contributed by atoms with Gasteiger partial charge in [0.25, 0.3) is 0 Å². The molecule has 0 unspecified atom stereocenters. The van der Waals surface area contributed by atoms with Gasteiger partial charge in [0, 0.05) is 31.2 Å². The highest BCUT2D eigenvalue weighted by Gasteiger charge is 2.11. The first-order valence-corrected chi connectivity index (χ1v) is 4.87. The van der Waals surface area contributed by atoms with E-state index in [1.807, 2.05) is 25.2 Å². The lowest BCUT2D eigenvalue weighted by molar-refractivity contribution is 0.296. The second-order valence-electron chi connectivity index (χ2n) is 3.40. The van der Waals surface area contributed by atoms with E-state index in [1.54, 1.807) is 11.8 Å². The molecule has 15 heavy (non-hydrogen) atoms. The van der Waals surface area contributed by atoms with Gasteiger partial charge in [-0.25, -0.2) is 0 Å². The van der Waals surface area contributed by atoms with Crippen molar-refractivity contribution in [1.29, 1.82) is 0 Å². The number of aliphatic hydroxyl groups is 1. The number of rotatable bonds is 3. The molecule has 0 bridgehead atoms. The average molecular weight is 206 g/mol. The molecular formula is C11H14N2O2. The normalized spacial score (nSPS) is 10.9. The van der Waals surface area contributed by atoms with Crippen LogP contribution in [0.3, 0.4) is 0 Å². The molecule has 0 radical (unpaired) electrons. The van der Waals surface area contributed by atoms with Crippen LogP contribution in [-0.2, 0) is 13.5 Å². The fraction of sp³-hybridized carbons (Fsp3) is 0.364. The topological polar surface area (TPSA) is 47.3 Å². The number of hydrogen-bond acceptors (Lipinski definition) is 3. The third-order valence-corrected chi connectivity index (χ3v) is 2.52. The number of aliphatic hydroxyl groups excluding tert-OH is 1. The minimum Gasteiger partial charge on any atom is -0.494 e. The third kappa shape index (κ3) is 1.57. The predicted octanol–water partition coefficient (Wildman–Crippen LogP) is 1.12. The summed E-state index contributed by atoms with van der Waals surface area (Å²) in [7, 11) is 3.51. The third-order valence-electron chi connectivity index (χ3n) is 2.52. The van der Waals surface area contributed by atoms with Crippen LogP contribution in [0.4, 0.5) is 0 Å². The summed E-state index contributed by atoms with van der Waals surface area (Å²) in [6.45, 7) is 0.131. The summed E-state index contributed by atoms with van der Waals surface area (Å²) in [5.74, 6) is 0.771. The molecule has 2 rings (SSSR count). The van der Waals surface area contributed by atoms with Gasteiger partial charge in [-0.2, -0.15) is 5.10 Å². The molecule has 0 aliphatic carbocycles. The van der Waals surface area contributed by atoms with E-state index in [9.17, 15) is 0 Å².